The molecule has 0 aromatic heterocycles. The second-order valence-electron chi connectivity index (χ2n) is 2.55. The van der Waals surface area contributed by atoms with Crippen molar-refractivity contribution in [1.29, 1.82) is 0 Å². The Kier molecular flexibility index (Phi) is 2.67. The lowest BCUT2D eigenvalue weighted by atomic mass is 10.4. The van der Waals surface area contributed by atoms with E-state index >= 15 is 0 Å². The summed E-state index contributed by atoms with van der Waals surface area (Å²) in [5.41, 5.74) is 4.83. The highest BCUT2D eigenvalue weighted by Gasteiger charge is 2.05. The first-order valence-electron chi connectivity index (χ1n) is 3.59. The van der Waals surface area contributed by atoms with Crippen LogP contribution in [0.4, 0.5) is 4.79 Å². The number of amides is 2. The normalized spacial score (nSPS) is 14.5. The van der Waals surface area contributed by atoms with E-state index in [1.807, 2.05) is 0 Å². The number of carbonyl (C=O) groups is 1. The van der Waals surface area contributed by atoms with Crippen LogP contribution in [-0.4, -0.2) is 16.5 Å². The van der Waals surface area contributed by atoms with Crippen LogP contribution in [0.5, 0.6) is 0 Å². The van der Waals surface area contributed by atoms with Gasteiger partial charge in [-0.3, -0.25) is 0 Å². The maximum atomic E-state index is 11.7. The van der Waals surface area contributed by atoms with E-state index in [1.165, 1.54) is 6.26 Å². The molecule has 0 aliphatic carbocycles. The van der Waals surface area contributed by atoms with Gasteiger partial charge in [0.15, 0.2) is 0 Å². The van der Waals surface area contributed by atoms with Gasteiger partial charge in [-0.1, -0.05) is 18.2 Å². The van der Waals surface area contributed by atoms with Crippen LogP contribution in [0.25, 0.3) is 0 Å². The Morgan fingerprint density at radius 1 is 1.38 bits per heavy atom. The minimum absolute atomic E-state index is 0.508. The highest BCUT2D eigenvalue weighted by molar-refractivity contribution is 7.93. The van der Waals surface area contributed by atoms with E-state index in [9.17, 15) is 9.00 Å². The van der Waals surface area contributed by atoms with Crippen LogP contribution in [0.1, 0.15) is 0 Å². The van der Waals surface area contributed by atoms with Crippen molar-refractivity contribution in [1.82, 2.24) is 0 Å². The van der Waals surface area contributed by atoms with Crippen molar-refractivity contribution in [3.8, 4) is 0 Å². The van der Waals surface area contributed by atoms with Crippen LogP contribution in [0.3, 0.4) is 0 Å². The van der Waals surface area contributed by atoms with Crippen LogP contribution in [0, 0.1) is 0 Å². The van der Waals surface area contributed by atoms with Gasteiger partial charge in [0.2, 0.25) is 0 Å². The molecule has 0 aliphatic rings. The number of primary amides is 1. The molecule has 0 spiro atoms. The van der Waals surface area contributed by atoms with Crippen molar-refractivity contribution >= 4 is 15.8 Å². The second kappa shape index (κ2) is 3.57. The van der Waals surface area contributed by atoms with Crippen LogP contribution in [-0.2, 0) is 9.73 Å². The third-order valence-corrected chi connectivity index (χ3v) is 3.12. The van der Waals surface area contributed by atoms with Crippen LogP contribution >= 0.6 is 0 Å². The number of rotatable bonds is 1. The van der Waals surface area contributed by atoms with Crippen molar-refractivity contribution in [2.24, 2.45) is 10.1 Å². The van der Waals surface area contributed by atoms with Crippen LogP contribution in [0.15, 0.2) is 39.6 Å². The van der Waals surface area contributed by atoms with Gasteiger partial charge < -0.3 is 5.73 Å². The van der Waals surface area contributed by atoms with Crippen molar-refractivity contribution in [3.05, 3.63) is 30.3 Å². The quantitative estimate of drug-likeness (QED) is 0.736. The van der Waals surface area contributed by atoms with Gasteiger partial charge in [0.05, 0.1) is 9.73 Å². The summed E-state index contributed by atoms with van der Waals surface area (Å²) >= 11 is 0. The van der Waals surface area contributed by atoms with Gasteiger partial charge in [-0.2, -0.15) is 0 Å². The molecule has 0 heterocycles. The summed E-state index contributed by atoms with van der Waals surface area (Å²) in [7, 11) is -2.66. The zero-order valence-electron chi connectivity index (χ0n) is 7.14. The van der Waals surface area contributed by atoms with E-state index in [1.54, 1.807) is 30.3 Å². The first-order valence-corrected chi connectivity index (χ1v) is 5.51. The van der Waals surface area contributed by atoms with E-state index < -0.39 is 15.8 Å². The molecule has 1 rings (SSSR count). The summed E-state index contributed by atoms with van der Waals surface area (Å²) in [6.45, 7) is 0. The lowest BCUT2D eigenvalue weighted by molar-refractivity contribution is 0.257. The molecule has 0 saturated carbocycles. The number of hydrogen-bond donors (Lipinski definition) is 1. The molecular formula is C8H10N2O2S. The first kappa shape index (κ1) is 9.73. The van der Waals surface area contributed by atoms with Crippen molar-refractivity contribution in [3.63, 3.8) is 0 Å². The number of nitrogens with zero attached hydrogens (tertiary/aromatic N) is 1. The Labute approximate surface area is 76.9 Å². The molecule has 1 atom stereocenters. The Hall–Kier alpha value is -1.36. The second-order valence-corrected chi connectivity index (χ2v) is 4.80. The van der Waals surface area contributed by atoms with Gasteiger partial charge in [-0.25, -0.2) is 9.00 Å². The predicted octanol–water partition coefficient (Wildman–Crippen LogP) is 1.22. The first-order chi connectivity index (χ1) is 6.02. The molecule has 4 nitrogen and oxygen atoms in total. The summed E-state index contributed by atoms with van der Waals surface area (Å²) in [4.78, 5) is 11.0. The fourth-order valence-corrected chi connectivity index (χ4v) is 2.01. The smallest absolute Gasteiger partial charge is 0.346 e. The minimum Gasteiger partial charge on any atom is -0.349 e. The minimum atomic E-state index is -2.66. The molecule has 0 bridgehead atoms. The third kappa shape index (κ3) is 2.55. The van der Waals surface area contributed by atoms with Crippen LogP contribution in [0.2, 0.25) is 0 Å². The molecule has 70 valence electrons. The number of benzene rings is 1. The summed E-state index contributed by atoms with van der Waals surface area (Å²) in [6.07, 6.45) is 1.38. The molecule has 1 aromatic carbocycles. The molecule has 0 fully saturated rings. The molecule has 0 aliphatic heterocycles. The van der Waals surface area contributed by atoms with Crippen molar-refractivity contribution in [2.75, 3.05) is 6.26 Å². The molecule has 1 aromatic rings. The topological polar surface area (TPSA) is 72.5 Å². The number of carbonyl (C=O) groups excluding carboxylic acids is 1. The molecule has 2 N–H and O–H groups in total. The Morgan fingerprint density at radius 2 is 1.92 bits per heavy atom. The van der Waals surface area contributed by atoms with Gasteiger partial charge in [0, 0.05) is 11.2 Å². The fraction of sp³-hybridized carbons (Fsp3) is 0.125. The monoisotopic (exact) mass is 198 g/mol. The van der Waals surface area contributed by atoms with Gasteiger partial charge in [0.1, 0.15) is 0 Å². The summed E-state index contributed by atoms with van der Waals surface area (Å²) in [5.74, 6) is 0. The largest absolute Gasteiger partial charge is 0.349 e. The molecule has 5 heteroatoms. The highest BCUT2D eigenvalue weighted by atomic mass is 32.2. The van der Waals surface area contributed by atoms with E-state index in [4.69, 9.17) is 5.73 Å². The molecule has 0 radical (unpaired) electrons. The molecule has 0 saturated heterocycles. The molecule has 1 unspecified atom stereocenters. The number of urea groups is 1. The maximum absolute atomic E-state index is 11.7. The Balaban J connectivity index is 3.24. The number of nitrogens with two attached hydrogens (primary N) is 1. The van der Waals surface area contributed by atoms with E-state index in [0.29, 0.717) is 4.90 Å². The fourth-order valence-electron chi connectivity index (χ4n) is 0.897. The lowest BCUT2D eigenvalue weighted by Crippen LogP contribution is -2.09. The molecular weight excluding hydrogens is 188 g/mol. The van der Waals surface area contributed by atoms with Gasteiger partial charge in [-0.05, 0) is 12.1 Å². The maximum Gasteiger partial charge on any atom is 0.346 e. The van der Waals surface area contributed by atoms with Gasteiger partial charge in [0.25, 0.3) is 0 Å². The zero-order valence-corrected chi connectivity index (χ0v) is 7.95. The van der Waals surface area contributed by atoms with Gasteiger partial charge in [-0.15, -0.1) is 4.36 Å². The predicted molar refractivity (Wildman–Crippen MR) is 50.8 cm³/mol. The van der Waals surface area contributed by atoms with Gasteiger partial charge >= 0.3 is 6.03 Å². The summed E-state index contributed by atoms with van der Waals surface area (Å²) in [5, 5.41) is 0. The van der Waals surface area contributed by atoms with E-state index in [-0.39, 0.29) is 0 Å². The summed E-state index contributed by atoms with van der Waals surface area (Å²) < 4.78 is 15.1. The van der Waals surface area contributed by atoms with Crippen LogP contribution < -0.4 is 5.73 Å². The summed E-state index contributed by atoms with van der Waals surface area (Å²) in [6, 6.07) is 7.65. The SMILES string of the molecule is CS(=O)(=NC(N)=O)c1ccccc1. The van der Waals surface area contributed by atoms with Crippen molar-refractivity contribution < 1.29 is 9.00 Å². The number of hydrogen-bond acceptors (Lipinski definition) is 2. The van der Waals surface area contributed by atoms with E-state index in [0.717, 1.165) is 0 Å². The average Bonchev–Trinajstić information content (AvgIpc) is 2.04. The highest BCUT2D eigenvalue weighted by Crippen LogP contribution is 2.09. The standard InChI is InChI=1S/C8H10N2O2S/c1-13(12,10-8(9)11)7-5-3-2-4-6-7/h2-6H,1H3,(H2,9,11). The molecule has 2 amide bonds. The average molecular weight is 198 g/mol. The molecule has 13 heavy (non-hydrogen) atoms. The van der Waals surface area contributed by atoms with E-state index in [2.05, 4.69) is 4.36 Å². The Morgan fingerprint density at radius 3 is 2.38 bits per heavy atom. The van der Waals surface area contributed by atoms with Crippen molar-refractivity contribution in [2.45, 2.75) is 4.90 Å². The Bertz CT molecular complexity index is 419. The lowest BCUT2D eigenvalue weighted by Gasteiger charge is -2.00. The zero-order chi connectivity index (χ0) is 9.90. The third-order valence-electron chi connectivity index (χ3n) is 1.44.